The standard InChI is InChI=1S/C30H60N2O9Si3.C22H41NO5.C5H8O2/c1-24(2)26(33)37-17-18-38-27(34)31-23-30(5)21-25(20-29(3,4)22-30)32-28(35)39-16-15-36-14-13-19-43(9,10)41-44(11,12)40-42(6,7)8;1-6-8-12-26-13-14-28-20(25)23-18-15-21(3,4)17-22(5,16-18)10-9-19(24)27-11-7-2;1-4(2)5(6)7-3/h25H,1,13-23H2,2-12H3,(H,31,34)(H,32,35);18H,6-17H2,1-5H3,(H,23,25);1H2,2-3H3. The molecule has 0 aromatic carbocycles. The van der Waals surface area contributed by atoms with Gasteiger partial charge in [0.1, 0.15) is 26.4 Å². The van der Waals surface area contributed by atoms with E-state index in [2.05, 4.69) is 128 Å². The summed E-state index contributed by atoms with van der Waals surface area (Å²) < 4.78 is 54.2. The maximum absolute atomic E-state index is 12.6. The molecule has 4 atom stereocenters. The van der Waals surface area contributed by atoms with Gasteiger partial charge in [0.15, 0.2) is 16.6 Å². The van der Waals surface area contributed by atoms with Gasteiger partial charge >= 0.3 is 44.7 Å². The molecule has 2 aliphatic carbocycles. The number of rotatable bonds is 31. The van der Waals surface area contributed by atoms with E-state index in [-0.39, 0.29) is 83.8 Å². The van der Waals surface area contributed by atoms with Crippen molar-refractivity contribution in [3.8, 4) is 0 Å². The highest BCUT2D eigenvalue weighted by molar-refractivity contribution is 6.87. The Morgan fingerprint density at radius 3 is 1.48 bits per heavy atom. The summed E-state index contributed by atoms with van der Waals surface area (Å²) in [4.78, 5) is 70.4. The number of hydrogen-bond acceptors (Lipinski definition) is 16. The first-order valence-corrected chi connectivity index (χ1v) is 37.8. The lowest BCUT2D eigenvalue weighted by Gasteiger charge is -2.46. The second kappa shape index (κ2) is 36.6. The van der Waals surface area contributed by atoms with Gasteiger partial charge in [0.25, 0.3) is 0 Å². The Kier molecular flexibility index (Phi) is 34.8. The maximum atomic E-state index is 12.6. The fourth-order valence-electron chi connectivity index (χ4n) is 10.7. The first-order chi connectivity index (χ1) is 36.4. The van der Waals surface area contributed by atoms with Gasteiger partial charge in [-0.15, -0.1) is 0 Å². The van der Waals surface area contributed by atoms with Crippen LogP contribution in [0.2, 0.25) is 51.9 Å². The molecular formula is C57H109N3O16Si3. The molecule has 0 heterocycles. The van der Waals surface area contributed by atoms with Crippen molar-refractivity contribution in [3.05, 3.63) is 24.3 Å². The summed E-state index contributed by atoms with van der Waals surface area (Å²) in [6.45, 7) is 45.8. The van der Waals surface area contributed by atoms with Crippen LogP contribution in [-0.4, -0.2) is 147 Å². The minimum absolute atomic E-state index is 0.00576. The monoisotopic (exact) mass is 1180 g/mol. The van der Waals surface area contributed by atoms with Gasteiger partial charge in [-0.3, -0.25) is 4.79 Å². The third kappa shape index (κ3) is 38.5. The second-order valence-electron chi connectivity index (χ2n) is 25.6. The zero-order valence-electron chi connectivity index (χ0n) is 52.4. The van der Waals surface area contributed by atoms with Crippen LogP contribution in [0.4, 0.5) is 14.4 Å². The summed E-state index contributed by atoms with van der Waals surface area (Å²) in [6, 6.07) is 0.934. The third-order valence-corrected chi connectivity index (χ3v) is 22.9. The highest BCUT2D eigenvalue weighted by Gasteiger charge is 2.44. The minimum Gasteiger partial charge on any atom is -0.466 e. The van der Waals surface area contributed by atoms with E-state index in [0.717, 1.165) is 70.3 Å². The third-order valence-electron chi connectivity index (χ3n) is 12.7. The summed E-state index contributed by atoms with van der Waals surface area (Å²) >= 11 is 0. The molecule has 460 valence electrons. The Hall–Kier alpha value is -3.81. The Morgan fingerprint density at radius 2 is 1.01 bits per heavy atom. The van der Waals surface area contributed by atoms with E-state index in [4.69, 9.17) is 41.4 Å². The van der Waals surface area contributed by atoms with Crippen molar-refractivity contribution in [2.24, 2.45) is 21.7 Å². The van der Waals surface area contributed by atoms with Crippen LogP contribution in [0.15, 0.2) is 24.3 Å². The van der Waals surface area contributed by atoms with Gasteiger partial charge in [-0.2, -0.15) is 0 Å². The quantitative estimate of drug-likeness (QED) is 0.0193. The number of unbranched alkanes of at least 4 members (excludes halogenated alkanes) is 1. The molecule has 3 amide bonds. The number of amides is 3. The molecule has 0 saturated heterocycles. The van der Waals surface area contributed by atoms with Gasteiger partial charge in [-0.05, 0) is 152 Å². The maximum Gasteiger partial charge on any atom is 0.407 e. The fourth-order valence-corrected chi connectivity index (χ4v) is 23.9. The summed E-state index contributed by atoms with van der Waals surface area (Å²) in [7, 11) is -4.33. The van der Waals surface area contributed by atoms with E-state index in [1.54, 1.807) is 13.8 Å². The van der Waals surface area contributed by atoms with Crippen LogP contribution in [0, 0.1) is 21.7 Å². The van der Waals surface area contributed by atoms with Crippen LogP contribution < -0.4 is 16.0 Å². The van der Waals surface area contributed by atoms with E-state index >= 15 is 0 Å². The molecule has 19 nitrogen and oxygen atoms in total. The van der Waals surface area contributed by atoms with Crippen molar-refractivity contribution < 1.29 is 74.9 Å². The van der Waals surface area contributed by atoms with Crippen molar-refractivity contribution in [2.75, 3.05) is 73.1 Å². The van der Waals surface area contributed by atoms with Gasteiger partial charge in [-0.25, -0.2) is 24.0 Å². The predicted molar refractivity (Wildman–Crippen MR) is 317 cm³/mol. The van der Waals surface area contributed by atoms with E-state index in [9.17, 15) is 28.8 Å². The summed E-state index contributed by atoms with van der Waals surface area (Å²) in [5, 5.41) is 8.84. The van der Waals surface area contributed by atoms with Crippen molar-refractivity contribution in [1.82, 2.24) is 16.0 Å². The van der Waals surface area contributed by atoms with Crippen molar-refractivity contribution in [1.29, 1.82) is 0 Å². The van der Waals surface area contributed by atoms with E-state index in [1.165, 1.54) is 7.11 Å². The number of esters is 3. The van der Waals surface area contributed by atoms with Crippen molar-refractivity contribution in [3.63, 3.8) is 0 Å². The number of nitrogens with one attached hydrogen (secondary N) is 3. The number of carbonyl (C=O) groups excluding carboxylic acids is 6. The molecule has 4 unspecified atom stereocenters. The first-order valence-electron chi connectivity index (χ1n) is 28.5. The summed E-state index contributed by atoms with van der Waals surface area (Å²) in [6.07, 6.45) is 8.76. The van der Waals surface area contributed by atoms with Crippen molar-refractivity contribution in [2.45, 2.75) is 210 Å². The second-order valence-corrected chi connectivity index (χ2v) is 38.3. The largest absolute Gasteiger partial charge is 0.466 e. The molecular weight excluding hydrogens is 1070 g/mol. The highest BCUT2D eigenvalue weighted by atomic mass is 28.5. The van der Waals surface area contributed by atoms with Crippen LogP contribution in [0.3, 0.4) is 0 Å². The normalized spacial score (nSPS) is 20.5. The Bertz CT molecular complexity index is 1890. The van der Waals surface area contributed by atoms with Crippen LogP contribution in [0.5, 0.6) is 0 Å². The van der Waals surface area contributed by atoms with Gasteiger partial charge in [0.2, 0.25) is 0 Å². The lowest BCUT2D eigenvalue weighted by atomic mass is 9.61. The van der Waals surface area contributed by atoms with E-state index < -0.39 is 43.4 Å². The molecule has 0 radical (unpaired) electrons. The topological polar surface area (TPSA) is 231 Å². The fraction of sp³-hybridized carbons (Fsp3) is 0.825. The smallest absolute Gasteiger partial charge is 0.407 e. The molecule has 2 fully saturated rings. The minimum atomic E-state index is -2.15. The number of alkyl carbamates (subject to hydrolysis) is 3. The number of ether oxygens (including phenoxy) is 8. The lowest BCUT2D eigenvalue weighted by molar-refractivity contribution is -0.144. The molecule has 79 heavy (non-hydrogen) atoms. The van der Waals surface area contributed by atoms with Gasteiger partial charge in [-0.1, -0.05) is 75.0 Å². The first kappa shape index (κ1) is 75.2. The zero-order chi connectivity index (χ0) is 60.7. The molecule has 2 rings (SSSR count). The van der Waals surface area contributed by atoms with Gasteiger partial charge in [0.05, 0.1) is 26.9 Å². The molecule has 3 N–H and O–H groups in total. The van der Waals surface area contributed by atoms with Crippen LogP contribution in [0.1, 0.15) is 146 Å². The Morgan fingerprint density at radius 1 is 0.544 bits per heavy atom. The van der Waals surface area contributed by atoms with Gasteiger partial charge < -0.3 is 62.1 Å². The molecule has 0 aromatic heterocycles. The zero-order valence-corrected chi connectivity index (χ0v) is 55.4. The molecule has 0 spiro atoms. The lowest BCUT2D eigenvalue weighted by Crippen LogP contribution is -2.51. The Balaban J connectivity index is 0.00000147. The van der Waals surface area contributed by atoms with Crippen molar-refractivity contribution >= 4 is 61.4 Å². The molecule has 0 aromatic rings. The van der Waals surface area contributed by atoms with Crippen LogP contribution in [-0.2, 0) is 60.5 Å². The van der Waals surface area contributed by atoms with Crippen LogP contribution >= 0.6 is 0 Å². The van der Waals surface area contributed by atoms with Gasteiger partial charge in [0, 0.05) is 49.4 Å². The number of methoxy groups -OCH3 is 1. The number of hydrogen-bond donors (Lipinski definition) is 3. The SMILES string of the molecule is C=C(C)C(=O)OC.C=C(C)C(=O)OCCOC(=O)NCC1(C)CC(NC(=O)OCCOCCC[Si](C)(C)O[Si](C)(C)O[Si](C)(C)C)CC(C)(C)C1.CCCCOCCOC(=O)NC1CC(C)(C)CC(C)(CCC(=O)OCCC)C1. The highest BCUT2D eigenvalue weighted by Crippen LogP contribution is 2.49. The van der Waals surface area contributed by atoms with E-state index in [0.29, 0.717) is 58.0 Å². The molecule has 2 saturated carbocycles. The molecule has 0 aliphatic heterocycles. The predicted octanol–water partition coefficient (Wildman–Crippen LogP) is 11.9. The number of carbonyl (C=O) groups is 6. The molecule has 0 bridgehead atoms. The summed E-state index contributed by atoms with van der Waals surface area (Å²) in [5.74, 6) is -0.995. The average Bonchev–Trinajstić information content (AvgIpc) is 3.29. The molecule has 22 heteroatoms. The molecule has 2 aliphatic rings. The summed E-state index contributed by atoms with van der Waals surface area (Å²) in [5.41, 5.74) is 0.511. The van der Waals surface area contributed by atoms with Crippen LogP contribution in [0.25, 0.3) is 0 Å². The van der Waals surface area contributed by atoms with E-state index in [1.807, 2.05) is 6.92 Å². The average molecular weight is 1180 g/mol. The Labute approximate surface area is 479 Å².